The van der Waals surface area contributed by atoms with Crippen molar-refractivity contribution in [2.75, 3.05) is 25.0 Å². The normalized spacial score (nSPS) is 19.3. The summed E-state index contributed by atoms with van der Waals surface area (Å²) in [4.78, 5) is 13.6. The summed E-state index contributed by atoms with van der Waals surface area (Å²) in [6, 6.07) is 5.15. The maximum absolute atomic E-state index is 12.8. The van der Waals surface area contributed by atoms with Crippen LogP contribution >= 0.6 is 0 Å². The maximum Gasteiger partial charge on any atom is 0.416 e. The first-order chi connectivity index (χ1) is 11.0. The smallest absolute Gasteiger partial charge is 0.365 e. The molecule has 0 aromatic heterocycles. The average molecular weight is 344 g/mol. The Labute approximate surface area is 140 Å². The standard InChI is InChI=1S/C17H23F3N2O2/c1-11-6-5-7-12(16(2,3)4)14(11)21-15(23)22-8-9-24-13(10-22)17(18,19)20/h5-7,13H,8-10H2,1-4H3,(H,21,23)/t13-/m1/s1. The van der Waals surface area contributed by atoms with Gasteiger partial charge in [-0.1, -0.05) is 39.0 Å². The van der Waals surface area contributed by atoms with Gasteiger partial charge in [-0.05, 0) is 23.5 Å². The molecule has 0 unspecified atom stereocenters. The van der Waals surface area contributed by atoms with Crippen molar-refractivity contribution in [1.29, 1.82) is 0 Å². The molecule has 7 heteroatoms. The molecule has 1 aromatic rings. The van der Waals surface area contributed by atoms with Crippen LogP contribution in [0.5, 0.6) is 0 Å². The van der Waals surface area contributed by atoms with Crippen molar-refractivity contribution in [3.05, 3.63) is 29.3 Å². The molecule has 0 bridgehead atoms. The minimum atomic E-state index is -4.47. The first-order valence-electron chi connectivity index (χ1n) is 7.84. The third-order valence-corrected chi connectivity index (χ3v) is 4.03. The lowest BCUT2D eigenvalue weighted by Crippen LogP contribution is -2.52. The molecule has 1 atom stereocenters. The van der Waals surface area contributed by atoms with Crippen molar-refractivity contribution in [1.82, 2.24) is 4.90 Å². The monoisotopic (exact) mass is 344 g/mol. The summed E-state index contributed by atoms with van der Waals surface area (Å²) in [5.41, 5.74) is 2.27. The Morgan fingerprint density at radius 2 is 1.96 bits per heavy atom. The van der Waals surface area contributed by atoms with E-state index in [1.54, 1.807) is 0 Å². The zero-order valence-corrected chi connectivity index (χ0v) is 14.3. The van der Waals surface area contributed by atoms with Crippen LogP contribution in [0.25, 0.3) is 0 Å². The molecule has 0 saturated carbocycles. The molecule has 0 aliphatic carbocycles. The molecule has 2 amide bonds. The summed E-state index contributed by atoms with van der Waals surface area (Å²) in [7, 11) is 0. The van der Waals surface area contributed by atoms with Gasteiger partial charge in [0.1, 0.15) is 0 Å². The second kappa shape index (κ2) is 6.63. The average Bonchev–Trinajstić information content (AvgIpc) is 2.47. The van der Waals surface area contributed by atoms with E-state index in [9.17, 15) is 18.0 Å². The van der Waals surface area contributed by atoms with E-state index in [0.29, 0.717) is 5.69 Å². The van der Waals surface area contributed by atoms with Crippen LogP contribution in [-0.2, 0) is 10.2 Å². The summed E-state index contributed by atoms with van der Waals surface area (Å²) in [6.07, 6.45) is -6.41. The van der Waals surface area contributed by atoms with Crippen LogP contribution in [-0.4, -0.2) is 42.9 Å². The minimum Gasteiger partial charge on any atom is -0.365 e. The first-order valence-corrected chi connectivity index (χ1v) is 7.84. The number of morpholine rings is 1. The highest BCUT2D eigenvalue weighted by molar-refractivity contribution is 5.91. The van der Waals surface area contributed by atoms with E-state index >= 15 is 0 Å². The van der Waals surface area contributed by atoms with Gasteiger partial charge in [-0.15, -0.1) is 0 Å². The molecule has 0 spiro atoms. The Morgan fingerprint density at radius 1 is 1.29 bits per heavy atom. The van der Waals surface area contributed by atoms with Crippen molar-refractivity contribution in [2.24, 2.45) is 0 Å². The van der Waals surface area contributed by atoms with Crippen molar-refractivity contribution < 1.29 is 22.7 Å². The number of nitrogens with one attached hydrogen (secondary N) is 1. The summed E-state index contributed by atoms with van der Waals surface area (Å²) in [5.74, 6) is 0. The van der Waals surface area contributed by atoms with Crippen molar-refractivity contribution in [3.63, 3.8) is 0 Å². The highest BCUT2D eigenvalue weighted by Gasteiger charge is 2.44. The Balaban J connectivity index is 2.19. The van der Waals surface area contributed by atoms with E-state index in [0.717, 1.165) is 16.0 Å². The Kier molecular flexibility index (Phi) is 5.13. The molecule has 1 aliphatic rings. The highest BCUT2D eigenvalue weighted by Crippen LogP contribution is 2.32. The number of carbonyl (C=O) groups excluding carboxylic acids is 1. The molecule has 1 fully saturated rings. The molecular formula is C17H23F3N2O2. The highest BCUT2D eigenvalue weighted by atomic mass is 19.4. The van der Waals surface area contributed by atoms with E-state index in [-0.39, 0.29) is 18.6 Å². The van der Waals surface area contributed by atoms with Gasteiger partial charge >= 0.3 is 12.2 Å². The lowest BCUT2D eigenvalue weighted by atomic mass is 9.84. The fourth-order valence-electron chi connectivity index (χ4n) is 2.68. The molecular weight excluding hydrogens is 321 g/mol. The molecule has 24 heavy (non-hydrogen) atoms. The fraction of sp³-hybridized carbons (Fsp3) is 0.588. The van der Waals surface area contributed by atoms with Gasteiger partial charge in [0.05, 0.1) is 13.2 Å². The number of amides is 2. The lowest BCUT2D eigenvalue weighted by Gasteiger charge is -2.34. The summed E-state index contributed by atoms with van der Waals surface area (Å²) < 4.78 is 43.1. The number of halogens is 3. The molecule has 0 radical (unpaired) electrons. The van der Waals surface area contributed by atoms with Gasteiger partial charge in [0.15, 0.2) is 6.10 Å². The number of aryl methyl sites for hydroxylation is 1. The van der Waals surface area contributed by atoms with Crippen LogP contribution < -0.4 is 5.32 Å². The Hall–Kier alpha value is -1.76. The quantitative estimate of drug-likeness (QED) is 0.834. The predicted molar refractivity (Wildman–Crippen MR) is 86.3 cm³/mol. The van der Waals surface area contributed by atoms with Gasteiger partial charge in [-0.2, -0.15) is 13.2 Å². The van der Waals surface area contributed by atoms with Crippen LogP contribution in [0.15, 0.2) is 18.2 Å². The van der Waals surface area contributed by atoms with Gasteiger partial charge < -0.3 is 15.0 Å². The van der Waals surface area contributed by atoms with Gasteiger partial charge in [-0.25, -0.2) is 4.79 Å². The number of para-hydroxylation sites is 1. The number of carbonyl (C=O) groups is 1. The summed E-state index contributed by atoms with van der Waals surface area (Å²) in [5, 5.41) is 2.79. The largest absolute Gasteiger partial charge is 0.416 e. The number of ether oxygens (including phenoxy) is 1. The molecule has 1 aromatic carbocycles. The SMILES string of the molecule is Cc1cccc(C(C)(C)C)c1NC(=O)N1CCO[C@@H](C(F)(F)F)C1. The van der Waals surface area contributed by atoms with Crippen molar-refractivity contribution in [2.45, 2.75) is 45.4 Å². The van der Waals surface area contributed by atoms with Crippen LogP contribution in [0, 0.1) is 6.92 Å². The summed E-state index contributed by atoms with van der Waals surface area (Å²) >= 11 is 0. The number of anilines is 1. The fourth-order valence-corrected chi connectivity index (χ4v) is 2.68. The Bertz CT molecular complexity index is 609. The van der Waals surface area contributed by atoms with Gasteiger partial charge in [0.25, 0.3) is 0 Å². The molecule has 1 aliphatic heterocycles. The zero-order valence-electron chi connectivity index (χ0n) is 14.3. The minimum absolute atomic E-state index is 0.127. The molecule has 4 nitrogen and oxygen atoms in total. The molecule has 2 rings (SSSR count). The molecule has 1 N–H and O–H groups in total. The second-order valence-electron chi connectivity index (χ2n) is 7.02. The second-order valence-corrected chi connectivity index (χ2v) is 7.02. The van der Waals surface area contributed by atoms with Crippen LogP contribution in [0.2, 0.25) is 0 Å². The van der Waals surface area contributed by atoms with Gasteiger partial charge in [-0.3, -0.25) is 0 Å². The molecule has 134 valence electrons. The number of nitrogens with zero attached hydrogens (tertiary/aromatic N) is 1. The topological polar surface area (TPSA) is 41.6 Å². The zero-order chi connectivity index (χ0) is 18.1. The van der Waals surface area contributed by atoms with E-state index in [4.69, 9.17) is 4.74 Å². The number of alkyl halides is 3. The van der Waals surface area contributed by atoms with E-state index in [1.165, 1.54) is 0 Å². The van der Waals surface area contributed by atoms with E-state index in [2.05, 4.69) is 5.32 Å². The number of benzene rings is 1. The van der Waals surface area contributed by atoms with Crippen LogP contribution in [0.3, 0.4) is 0 Å². The molecule has 1 saturated heterocycles. The van der Waals surface area contributed by atoms with Crippen molar-refractivity contribution in [3.8, 4) is 0 Å². The van der Waals surface area contributed by atoms with E-state index in [1.807, 2.05) is 45.9 Å². The number of rotatable bonds is 1. The number of hydrogen-bond acceptors (Lipinski definition) is 2. The van der Waals surface area contributed by atoms with Crippen LogP contribution in [0.1, 0.15) is 31.9 Å². The Morgan fingerprint density at radius 3 is 2.54 bits per heavy atom. The number of hydrogen-bond donors (Lipinski definition) is 1. The van der Waals surface area contributed by atoms with Crippen molar-refractivity contribution >= 4 is 11.7 Å². The van der Waals surface area contributed by atoms with Crippen LogP contribution in [0.4, 0.5) is 23.7 Å². The summed E-state index contributed by atoms with van der Waals surface area (Å²) in [6.45, 7) is 7.44. The van der Waals surface area contributed by atoms with Gasteiger partial charge in [0, 0.05) is 12.2 Å². The lowest BCUT2D eigenvalue weighted by molar-refractivity contribution is -0.233. The third kappa shape index (κ3) is 4.20. The predicted octanol–water partition coefficient (Wildman–Crippen LogP) is 4.09. The van der Waals surface area contributed by atoms with E-state index < -0.39 is 24.9 Å². The first kappa shape index (κ1) is 18.6. The van der Waals surface area contributed by atoms with Gasteiger partial charge in [0.2, 0.25) is 0 Å². The third-order valence-electron chi connectivity index (χ3n) is 4.03. The molecule has 1 heterocycles. The number of urea groups is 1. The maximum atomic E-state index is 12.8.